The molecule has 1 aromatic rings. The van der Waals surface area contributed by atoms with Gasteiger partial charge in [0.25, 0.3) is 0 Å². The molecule has 2 saturated carbocycles. The zero-order valence-corrected chi connectivity index (χ0v) is 23.1. The van der Waals surface area contributed by atoms with Crippen molar-refractivity contribution in [2.45, 2.75) is 56.3 Å². The number of nitrogens with zero attached hydrogens (tertiary/aromatic N) is 1. The number of carbonyl (C=O) groups is 5. The van der Waals surface area contributed by atoms with Gasteiger partial charge in [0.15, 0.2) is 34.7 Å². The Kier molecular flexibility index (Phi) is 8.37. The van der Waals surface area contributed by atoms with E-state index in [0.717, 1.165) is 31.4 Å². The fourth-order valence-electron chi connectivity index (χ4n) is 6.81. The van der Waals surface area contributed by atoms with E-state index in [1.54, 1.807) is 23.9 Å². The molecule has 10 nitrogen and oxygen atoms in total. The lowest BCUT2D eigenvalue weighted by Crippen LogP contribution is -2.77. The molecule has 2 fully saturated rings. The summed E-state index contributed by atoms with van der Waals surface area (Å²) in [4.78, 5) is 68.1. The summed E-state index contributed by atoms with van der Waals surface area (Å²) in [5.41, 5.74) is 2.76. The maximum absolute atomic E-state index is 14.1. The van der Waals surface area contributed by atoms with Crippen LogP contribution in [0.5, 0.6) is 5.75 Å². The summed E-state index contributed by atoms with van der Waals surface area (Å²) in [5, 5.41) is 34.2. The third-order valence-corrected chi connectivity index (χ3v) is 9.76. The normalized spacial score (nSPS) is 34.1. The number of phenols is 1. The fourth-order valence-corrected chi connectivity index (χ4v) is 8.04. The van der Waals surface area contributed by atoms with E-state index in [0.29, 0.717) is 11.3 Å². The van der Waals surface area contributed by atoms with E-state index in [2.05, 4.69) is 6.92 Å². The maximum Gasteiger partial charge on any atom is 0.235 e. The number of benzene rings is 1. The van der Waals surface area contributed by atoms with Gasteiger partial charge in [-0.25, -0.2) is 0 Å². The molecule has 0 spiro atoms. The lowest BCUT2D eigenvalue weighted by atomic mass is 9.49. The first-order valence-electron chi connectivity index (χ1n) is 13.3. The zero-order chi connectivity index (χ0) is 28.8. The number of fused-ring (bicyclic) bond motifs is 3. The van der Waals surface area contributed by atoms with Crippen molar-refractivity contribution in [1.29, 1.82) is 0 Å². The Morgan fingerprint density at radius 3 is 2.41 bits per heavy atom. The molecule has 1 amide bonds. The number of carbonyl (C=O) groups excluding carboxylic acids is 5. The van der Waals surface area contributed by atoms with Crippen LogP contribution in [0.4, 0.5) is 0 Å². The van der Waals surface area contributed by atoms with Gasteiger partial charge >= 0.3 is 0 Å². The average Bonchev–Trinajstić information content (AvgIpc) is 2.87. The van der Waals surface area contributed by atoms with Crippen molar-refractivity contribution in [3.8, 4) is 5.75 Å². The van der Waals surface area contributed by atoms with Gasteiger partial charge in [-0.15, -0.1) is 0 Å². The van der Waals surface area contributed by atoms with Gasteiger partial charge in [-0.1, -0.05) is 38.3 Å². The lowest BCUT2D eigenvalue weighted by molar-refractivity contribution is -0.196. The molecule has 0 saturated heterocycles. The van der Waals surface area contributed by atoms with E-state index in [-0.39, 0.29) is 11.3 Å². The number of unbranched alkanes of at least 4 members (excludes halogenated alkanes) is 3. The summed E-state index contributed by atoms with van der Waals surface area (Å²) in [6, 6.07) is 3.20. The van der Waals surface area contributed by atoms with Crippen molar-refractivity contribution in [2.24, 2.45) is 29.4 Å². The Hall–Kier alpha value is -2.60. The minimum atomic E-state index is -2.99. The molecular formula is C28H36N2O8S. The van der Waals surface area contributed by atoms with Crippen molar-refractivity contribution in [3.63, 3.8) is 0 Å². The summed E-state index contributed by atoms with van der Waals surface area (Å²) in [6.07, 6.45) is 2.59. The first kappa shape index (κ1) is 29.4. The van der Waals surface area contributed by atoms with Gasteiger partial charge in [-0.3, -0.25) is 28.9 Å². The fraction of sp³-hybridized carbons (Fsp3) is 0.607. The number of phenolic OH excluding ortho intramolecular Hbond substituents is 1. The summed E-state index contributed by atoms with van der Waals surface area (Å²) in [7, 11) is 2.95. The van der Waals surface area contributed by atoms with E-state index in [4.69, 9.17) is 5.73 Å². The van der Waals surface area contributed by atoms with Crippen molar-refractivity contribution >= 4 is 40.8 Å². The minimum Gasteiger partial charge on any atom is -0.507 e. The number of hydrogen-bond donors (Lipinski definition) is 4. The van der Waals surface area contributed by atoms with Gasteiger partial charge in [0, 0.05) is 17.6 Å². The molecule has 2 unspecified atom stereocenters. The van der Waals surface area contributed by atoms with Crippen LogP contribution >= 0.6 is 11.8 Å². The van der Waals surface area contributed by atoms with Crippen LogP contribution in [-0.2, 0) is 19.2 Å². The predicted molar refractivity (Wildman–Crippen MR) is 143 cm³/mol. The second kappa shape index (κ2) is 11.1. The van der Waals surface area contributed by atoms with E-state index in [1.807, 2.05) is 0 Å². The number of hydrogen-bond acceptors (Lipinski definition) is 10. The molecule has 0 radical (unpaired) electrons. The molecule has 5 N–H and O–H groups in total. The highest BCUT2D eigenvalue weighted by Gasteiger charge is 2.73. The van der Waals surface area contributed by atoms with Gasteiger partial charge in [-0.2, -0.15) is 11.8 Å². The molecule has 11 heteroatoms. The first-order valence-corrected chi connectivity index (χ1v) is 14.5. The van der Waals surface area contributed by atoms with Crippen LogP contribution < -0.4 is 5.73 Å². The zero-order valence-electron chi connectivity index (χ0n) is 22.3. The van der Waals surface area contributed by atoms with Crippen molar-refractivity contribution < 1.29 is 39.3 Å². The molecule has 0 bridgehead atoms. The molecule has 3 aliphatic carbocycles. The number of ketones is 4. The number of Topliss-reactive ketones (excluding diaryl/α,β-unsaturated/α-hetero) is 4. The van der Waals surface area contributed by atoms with Crippen molar-refractivity contribution in [3.05, 3.63) is 29.3 Å². The number of primary amides is 1. The lowest BCUT2D eigenvalue weighted by Gasteiger charge is -2.56. The molecule has 4 rings (SSSR count). The standard InChI is InChI=1S/C28H36N2O8S/c1-4-5-6-7-11-39-12-14-13-9-8-10-15(31)16(13)22(32)18-17(14)23(33)20-21(30(2)3)24(34)19(27(29)37)26(36)28(20,38)25(18)35/h8-10,14,17-21,23,31,33,38H,4-7,11-12H2,1-3H3,(H2,29,37)/t14-,17+,18?,19?,20+,21-,23-,28-/m1/s1. The van der Waals surface area contributed by atoms with E-state index < -0.39 is 76.4 Å². The van der Waals surface area contributed by atoms with Crippen molar-refractivity contribution in [1.82, 2.24) is 4.90 Å². The third kappa shape index (κ3) is 4.53. The predicted octanol–water partition coefficient (Wildman–Crippen LogP) is 0.692. The van der Waals surface area contributed by atoms with Gasteiger partial charge < -0.3 is 21.1 Å². The highest BCUT2D eigenvalue weighted by molar-refractivity contribution is 7.99. The van der Waals surface area contributed by atoms with E-state index in [1.165, 1.54) is 25.1 Å². The molecule has 212 valence electrons. The van der Waals surface area contributed by atoms with Crippen LogP contribution in [0.25, 0.3) is 0 Å². The Morgan fingerprint density at radius 1 is 1.10 bits per heavy atom. The SMILES string of the molecule is CCCCCCSC[C@@H]1c2cccc(O)c2C(=O)C2C(=O)[C@@]3(O)C(=O)C(C(N)=O)C(=O)[C@H](N(C)C)[C@H]3[C@H](O)[C@H]21. The molecule has 3 aliphatic rings. The van der Waals surface area contributed by atoms with Gasteiger partial charge in [0.1, 0.15) is 5.75 Å². The number of nitrogens with two attached hydrogens (primary N) is 1. The van der Waals surface area contributed by atoms with Crippen LogP contribution in [-0.4, -0.2) is 92.6 Å². The van der Waals surface area contributed by atoms with Crippen molar-refractivity contribution in [2.75, 3.05) is 25.6 Å². The number of likely N-dealkylation sites (N-methyl/N-ethyl adjacent to an activating group) is 1. The summed E-state index contributed by atoms with van der Waals surface area (Å²) in [5.74, 6) is -11.7. The summed E-state index contributed by atoms with van der Waals surface area (Å²) < 4.78 is 0. The topological polar surface area (TPSA) is 175 Å². The minimum absolute atomic E-state index is 0.0760. The van der Waals surface area contributed by atoms with E-state index >= 15 is 0 Å². The Morgan fingerprint density at radius 2 is 1.79 bits per heavy atom. The Bertz CT molecular complexity index is 1200. The first-order chi connectivity index (χ1) is 18.4. The van der Waals surface area contributed by atoms with Crippen LogP contribution in [0.2, 0.25) is 0 Å². The molecule has 0 heterocycles. The smallest absolute Gasteiger partial charge is 0.235 e. The maximum atomic E-state index is 14.1. The van der Waals surface area contributed by atoms with Gasteiger partial charge in [-0.05, 0) is 37.9 Å². The van der Waals surface area contributed by atoms with Crippen LogP contribution in [0.15, 0.2) is 18.2 Å². The van der Waals surface area contributed by atoms with Crippen LogP contribution in [0.3, 0.4) is 0 Å². The van der Waals surface area contributed by atoms with Gasteiger partial charge in [0.05, 0.1) is 29.5 Å². The number of amides is 1. The monoisotopic (exact) mass is 560 g/mol. The number of aromatic hydroxyl groups is 1. The molecule has 0 aromatic heterocycles. The number of aliphatic hydroxyl groups is 2. The van der Waals surface area contributed by atoms with Crippen LogP contribution in [0.1, 0.15) is 54.4 Å². The Labute approximate surface area is 231 Å². The molecule has 39 heavy (non-hydrogen) atoms. The molecule has 1 aromatic carbocycles. The highest BCUT2D eigenvalue weighted by Crippen LogP contribution is 2.55. The average molecular weight is 561 g/mol. The second-order valence-corrected chi connectivity index (χ2v) is 12.2. The number of rotatable bonds is 9. The summed E-state index contributed by atoms with van der Waals surface area (Å²) in [6.45, 7) is 2.12. The second-order valence-electron chi connectivity index (χ2n) is 11.1. The molecule has 8 atom stereocenters. The highest BCUT2D eigenvalue weighted by atomic mass is 32.2. The van der Waals surface area contributed by atoms with E-state index in [9.17, 15) is 39.3 Å². The molecule has 0 aliphatic heterocycles. The molecular weight excluding hydrogens is 524 g/mol. The largest absolute Gasteiger partial charge is 0.507 e. The quantitative estimate of drug-likeness (QED) is 0.248. The van der Waals surface area contributed by atoms with Gasteiger partial charge in [0.2, 0.25) is 5.91 Å². The summed E-state index contributed by atoms with van der Waals surface area (Å²) >= 11 is 1.60. The number of aliphatic hydroxyl groups excluding tert-OH is 1. The third-order valence-electron chi connectivity index (χ3n) is 8.59. The van der Waals surface area contributed by atoms with Crippen LogP contribution in [0, 0.1) is 23.7 Å². The number of thioether (sulfide) groups is 1. The Balaban J connectivity index is 1.83.